The van der Waals surface area contributed by atoms with Gasteiger partial charge in [-0.3, -0.25) is 0 Å². The van der Waals surface area contributed by atoms with Gasteiger partial charge in [0, 0.05) is 17.8 Å². The van der Waals surface area contributed by atoms with E-state index in [1.54, 1.807) is 6.07 Å². The fourth-order valence-corrected chi connectivity index (χ4v) is 2.17. The van der Waals surface area contributed by atoms with Gasteiger partial charge in [-0.15, -0.1) is 0 Å². The third kappa shape index (κ3) is 1.94. The van der Waals surface area contributed by atoms with Crippen LogP contribution in [0.5, 0.6) is 0 Å². The minimum Gasteiger partial charge on any atom is -0.466 e. The number of fused-ring (bicyclic) bond motifs is 1. The highest BCUT2D eigenvalue weighted by Crippen LogP contribution is 2.44. The van der Waals surface area contributed by atoms with Crippen LogP contribution in [0.3, 0.4) is 0 Å². The molecule has 0 aromatic heterocycles. The first-order valence-electron chi connectivity index (χ1n) is 5.56. The second-order valence-corrected chi connectivity index (χ2v) is 4.22. The maximum atomic E-state index is 13.1. The number of carbonyl (C=O) groups is 1. The monoisotopic (exact) mass is 275 g/mol. The minimum absolute atomic E-state index is 0.146. The number of ether oxygens (including phenoxy) is 1. The average molecular weight is 275 g/mol. The van der Waals surface area contributed by atoms with Gasteiger partial charge in [0.05, 0.1) is 7.11 Å². The molecule has 1 atom stereocenters. The summed E-state index contributed by atoms with van der Waals surface area (Å²) in [6, 6.07) is 4.09. The van der Waals surface area contributed by atoms with Crippen LogP contribution in [-0.4, -0.2) is 30.9 Å². The van der Waals surface area contributed by atoms with Crippen LogP contribution in [0.25, 0.3) is 0 Å². The van der Waals surface area contributed by atoms with Crippen molar-refractivity contribution >= 4 is 11.7 Å². The predicted molar refractivity (Wildman–Crippen MR) is 60.6 cm³/mol. The van der Waals surface area contributed by atoms with Gasteiger partial charge in [-0.2, -0.15) is 13.2 Å². The lowest BCUT2D eigenvalue weighted by Crippen LogP contribution is -2.50. The number of alkyl halides is 3. The number of hydrogen-bond acceptors (Lipinski definition) is 4. The summed E-state index contributed by atoms with van der Waals surface area (Å²) >= 11 is 0. The van der Waals surface area contributed by atoms with Gasteiger partial charge in [-0.25, -0.2) is 4.79 Å². The molecular weight excluding hydrogens is 263 g/mol. The molecule has 0 bridgehead atoms. The minimum atomic E-state index is -5.17. The number of methoxy groups -OCH3 is 1. The average Bonchev–Trinajstić information content (AvgIpc) is 2.83. The summed E-state index contributed by atoms with van der Waals surface area (Å²) in [7, 11) is 0.801. The van der Waals surface area contributed by atoms with E-state index in [9.17, 15) is 23.1 Å². The zero-order valence-electron chi connectivity index (χ0n) is 10.0. The van der Waals surface area contributed by atoms with Crippen molar-refractivity contribution in [3.05, 3.63) is 29.3 Å². The van der Waals surface area contributed by atoms with E-state index in [0.29, 0.717) is 18.5 Å². The molecule has 1 unspecified atom stereocenters. The first kappa shape index (κ1) is 13.7. The second kappa shape index (κ2) is 4.41. The van der Waals surface area contributed by atoms with E-state index < -0.39 is 23.3 Å². The van der Waals surface area contributed by atoms with Crippen LogP contribution >= 0.6 is 0 Å². The van der Waals surface area contributed by atoms with Crippen molar-refractivity contribution in [3.63, 3.8) is 0 Å². The Morgan fingerprint density at radius 3 is 2.68 bits per heavy atom. The van der Waals surface area contributed by atoms with Gasteiger partial charge in [-0.1, -0.05) is 18.2 Å². The molecule has 104 valence electrons. The van der Waals surface area contributed by atoms with Gasteiger partial charge in [0.2, 0.25) is 0 Å². The number of rotatable bonds is 2. The molecule has 0 saturated carbocycles. The molecule has 1 aliphatic heterocycles. The molecule has 0 fully saturated rings. The fourth-order valence-electron chi connectivity index (χ4n) is 2.17. The van der Waals surface area contributed by atoms with Crippen LogP contribution in [0.15, 0.2) is 18.2 Å². The van der Waals surface area contributed by atoms with Gasteiger partial charge in [0.25, 0.3) is 5.60 Å². The third-order valence-electron chi connectivity index (χ3n) is 3.13. The number of para-hydroxylation sites is 1. The largest absolute Gasteiger partial charge is 0.466 e. The Kier molecular flexibility index (Phi) is 3.17. The Bertz CT molecular complexity index is 515. The highest BCUT2D eigenvalue weighted by Gasteiger charge is 2.63. The SMILES string of the molecule is COC(=O)C(O)(c1cccc2c1NCC2)C(F)(F)F. The van der Waals surface area contributed by atoms with Crippen molar-refractivity contribution in [2.24, 2.45) is 0 Å². The second-order valence-electron chi connectivity index (χ2n) is 4.22. The fraction of sp³-hybridized carbons (Fsp3) is 0.417. The normalized spacial score (nSPS) is 17.3. The van der Waals surface area contributed by atoms with Crippen molar-refractivity contribution in [2.45, 2.75) is 18.2 Å². The summed E-state index contributed by atoms with van der Waals surface area (Å²) in [5.41, 5.74) is -3.41. The third-order valence-corrected chi connectivity index (χ3v) is 3.13. The molecule has 1 aromatic rings. The molecule has 1 aromatic carbocycles. The molecule has 19 heavy (non-hydrogen) atoms. The van der Waals surface area contributed by atoms with Gasteiger partial charge >= 0.3 is 12.1 Å². The molecular formula is C12H12F3NO3. The molecule has 1 heterocycles. The smallest absolute Gasteiger partial charge is 0.432 e. The van der Waals surface area contributed by atoms with Gasteiger partial charge in [0.1, 0.15) is 0 Å². The van der Waals surface area contributed by atoms with Gasteiger partial charge in [0.15, 0.2) is 0 Å². The van der Waals surface area contributed by atoms with E-state index in [1.165, 1.54) is 6.07 Å². The summed E-state index contributed by atoms with van der Waals surface area (Å²) in [5, 5.41) is 12.7. The Balaban J connectivity index is 2.64. The number of halogens is 3. The number of anilines is 1. The van der Waals surface area contributed by atoms with Crippen molar-refractivity contribution < 1.29 is 27.8 Å². The van der Waals surface area contributed by atoms with E-state index >= 15 is 0 Å². The zero-order valence-corrected chi connectivity index (χ0v) is 10.0. The predicted octanol–water partition coefficient (Wildman–Crippen LogP) is 1.58. The van der Waals surface area contributed by atoms with E-state index in [1.807, 2.05) is 0 Å². The molecule has 0 spiro atoms. The first-order chi connectivity index (χ1) is 8.82. The van der Waals surface area contributed by atoms with Crippen LogP contribution in [0.4, 0.5) is 18.9 Å². The quantitative estimate of drug-likeness (QED) is 0.804. The number of nitrogens with one attached hydrogen (secondary N) is 1. The molecule has 0 amide bonds. The molecule has 0 aliphatic carbocycles. The van der Waals surface area contributed by atoms with E-state index in [0.717, 1.165) is 13.2 Å². The van der Waals surface area contributed by atoms with Crippen LogP contribution in [0.2, 0.25) is 0 Å². The molecule has 1 aliphatic rings. The summed E-state index contributed by atoms with van der Waals surface area (Å²) in [6.45, 7) is 0.460. The van der Waals surface area contributed by atoms with E-state index in [-0.39, 0.29) is 5.69 Å². The van der Waals surface area contributed by atoms with Gasteiger partial charge in [-0.05, 0) is 12.0 Å². The molecule has 7 heteroatoms. The Hall–Kier alpha value is -1.76. The first-order valence-corrected chi connectivity index (χ1v) is 5.56. The lowest BCUT2D eigenvalue weighted by atomic mass is 9.90. The molecule has 2 rings (SSSR count). The van der Waals surface area contributed by atoms with E-state index in [4.69, 9.17) is 0 Å². The number of hydrogen-bond donors (Lipinski definition) is 2. The maximum absolute atomic E-state index is 13.1. The standard InChI is InChI=1S/C12H12F3NO3/c1-19-10(17)11(18,12(13,14)15)8-4-2-3-7-5-6-16-9(7)8/h2-4,16,18H,5-6H2,1H3. The molecule has 0 radical (unpaired) electrons. The summed E-state index contributed by atoms with van der Waals surface area (Å²) in [6.07, 6.45) is -4.63. The van der Waals surface area contributed by atoms with Crippen LogP contribution in [0.1, 0.15) is 11.1 Å². The van der Waals surface area contributed by atoms with Crippen molar-refractivity contribution in [3.8, 4) is 0 Å². The zero-order chi connectivity index (χ0) is 14.3. The number of aliphatic hydroxyl groups is 1. The highest BCUT2D eigenvalue weighted by molar-refractivity contribution is 5.85. The lowest BCUT2D eigenvalue weighted by molar-refractivity contribution is -0.266. The molecule has 4 nitrogen and oxygen atoms in total. The summed E-state index contributed by atoms with van der Waals surface area (Å²) < 4.78 is 43.5. The summed E-state index contributed by atoms with van der Waals surface area (Å²) in [5.74, 6) is -1.75. The molecule has 0 saturated heterocycles. The van der Waals surface area contributed by atoms with Crippen LogP contribution in [0, 0.1) is 0 Å². The van der Waals surface area contributed by atoms with Crippen LogP contribution < -0.4 is 5.32 Å². The summed E-state index contributed by atoms with van der Waals surface area (Å²) in [4.78, 5) is 11.5. The molecule has 2 N–H and O–H groups in total. The Labute approximate surface area is 107 Å². The Morgan fingerprint density at radius 2 is 2.11 bits per heavy atom. The van der Waals surface area contributed by atoms with Crippen molar-refractivity contribution in [2.75, 3.05) is 19.0 Å². The number of benzene rings is 1. The van der Waals surface area contributed by atoms with Crippen molar-refractivity contribution in [1.29, 1.82) is 0 Å². The number of carbonyl (C=O) groups excluding carboxylic acids is 1. The Morgan fingerprint density at radius 1 is 1.42 bits per heavy atom. The van der Waals surface area contributed by atoms with Crippen LogP contribution in [-0.2, 0) is 21.6 Å². The van der Waals surface area contributed by atoms with E-state index in [2.05, 4.69) is 10.1 Å². The van der Waals surface area contributed by atoms with Gasteiger partial charge < -0.3 is 15.2 Å². The lowest BCUT2D eigenvalue weighted by Gasteiger charge is -2.29. The number of esters is 1. The maximum Gasteiger partial charge on any atom is 0.432 e. The topological polar surface area (TPSA) is 58.6 Å². The van der Waals surface area contributed by atoms with Crippen molar-refractivity contribution in [1.82, 2.24) is 0 Å². The highest BCUT2D eigenvalue weighted by atomic mass is 19.4.